The summed E-state index contributed by atoms with van der Waals surface area (Å²) in [7, 11) is -0.841. The molecule has 0 aromatic carbocycles. The molecular weight excluding hydrogens is 262 g/mol. The zero-order chi connectivity index (χ0) is 13.8. The van der Waals surface area contributed by atoms with Crippen LogP contribution in [0.1, 0.15) is 19.8 Å². The lowest BCUT2D eigenvalue weighted by Crippen LogP contribution is -2.21. The first kappa shape index (κ1) is 14.1. The van der Waals surface area contributed by atoms with Gasteiger partial charge in [-0.1, -0.05) is 0 Å². The summed E-state index contributed by atoms with van der Waals surface area (Å²) in [6.45, 7) is 3.24. The maximum absolute atomic E-state index is 11.3. The molecule has 1 aliphatic carbocycles. The molecule has 1 aromatic rings. The van der Waals surface area contributed by atoms with Crippen LogP contribution < -0.4 is 15.8 Å². The normalized spacial score (nSPS) is 17.8. The molecule has 0 bridgehead atoms. The van der Waals surface area contributed by atoms with Crippen LogP contribution in [0, 0.1) is 5.92 Å². The average Bonchev–Trinajstić information content (AvgIpc) is 3.19. The van der Waals surface area contributed by atoms with Crippen molar-refractivity contribution in [3.8, 4) is 5.88 Å². The van der Waals surface area contributed by atoms with Crippen molar-refractivity contribution in [2.45, 2.75) is 25.0 Å². The molecular formula is C13H21N3O2S. The Balaban J connectivity index is 1.92. The predicted octanol–water partition coefficient (Wildman–Crippen LogP) is 1.63. The largest absolute Gasteiger partial charge is 0.476 e. The summed E-state index contributed by atoms with van der Waals surface area (Å²) in [4.78, 5) is 4.35. The standard InChI is InChI=1S/C13H21N3O2S/c1-9(19(2)17)7-15-12-6-5-11(14)13(16-12)18-8-10-3-4-10/h5-6,9-10H,3-4,7-8,14H2,1-2H3,(H,15,16). The van der Waals surface area contributed by atoms with Crippen LogP contribution in [0.5, 0.6) is 5.88 Å². The SMILES string of the molecule is CC(CNc1ccc(N)c(OCC2CC2)n1)S(C)=O. The number of ether oxygens (including phenoxy) is 1. The highest BCUT2D eigenvalue weighted by molar-refractivity contribution is 7.84. The molecule has 6 heteroatoms. The van der Waals surface area contributed by atoms with E-state index in [0.717, 1.165) is 0 Å². The Labute approximate surface area is 116 Å². The first-order valence-corrected chi connectivity index (χ1v) is 8.14. The number of hydrogen-bond donors (Lipinski definition) is 2. The van der Waals surface area contributed by atoms with Gasteiger partial charge < -0.3 is 15.8 Å². The van der Waals surface area contributed by atoms with Gasteiger partial charge in [-0.3, -0.25) is 4.21 Å². The quantitative estimate of drug-likeness (QED) is 0.795. The molecule has 5 nitrogen and oxygen atoms in total. The van der Waals surface area contributed by atoms with E-state index in [2.05, 4.69) is 10.3 Å². The second kappa shape index (κ2) is 6.23. The maximum atomic E-state index is 11.3. The van der Waals surface area contributed by atoms with E-state index in [1.807, 2.05) is 13.0 Å². The Bertz CT molecular complexity index is 463. The molecule has 2 atom stereocenters. The Morgan fingerprint density at radius 3 is 2.95 bits per heavy atom. The van der Waals surface area contributed by atoms with Crippen LogP contribution in [-0.2, 0) is 10.8 Å². The zero-order valence-electron chi connectivity index (χ0n) is 11.4. The molecule has 106 valence electrons. The van der Waals surface area contributed by atoms with Gasteiger partial charge in [0.25, 0.3) is 0 Å². The number of nitrogens with one attached hydrogen (secondary N) is 1. The summed E-state index contributed by atoms with van der Waals surface area (Å²) in [6, 6.07) is 3.59. The smallest absolute Gasteiger partial charge is 0.239 e. The fourth-order valence-corrected chi connectivity index (χ4v) is 1.83. The number of nitrogens with zero attached hydrogens (tertiary/aromatic N) is 1. The monoisotopic (exact) mass is 283 g/mol. The lowest BCUT2D eigenvalue weighted by Gasteiger charge is -2.13. The van der Waals surface area contributed by atoms with Crippen LogP contribution in [0.3, 0.4) is 0 Å². The molecule has 3 N–H and O–H groups in total. The fraction of sp³-hybridized carbons (Fsp3) is 0.615. The van der Waals surface area contributed by atoms with Crippen molar-refractivity contribution < 1.29 is 8.95 Å². The van der Waals surface area contributed by atoms with Crippen LogP contribution in [0.25, 0.3) is 0 Å². The Hall–Kier alpha value is -1.30. The highest BCUT2D eigenvalue weighted by Crippen LogP contribution is 2.30. The lowest BCUT2D eigenvalue weighted by molar-refractivity contribution is 0.290. The number of hydrogen-bond acceptors (Lipinski definition) is 5. The molecule has 1 aliphatic rings. The lowest BCUT2D eigenvalue weighted by atomic mass is 10.4. The van der Waals surface area contributed by atoms with Gasteiger partial charge in [-0.2, -0.15) is 4.98 Å². The second-order valence-corrected chi connectivity index (χ2v) is 6.84. The van der Waals surface area contributed by atoms with E-state index in [4.69, 9.17) is 10.5 Å². The van der Waals surface area contributed by atoms with Crippen LogP contribution in [-0.4, -0.2) is 33.9 Å². The third-order valence-electron chi connectivity index (χ3n) is 3.18. The first-order chi connectivity index (χ1) is 9.06. The Morgan fingerprint density at radius 1 is 1.58 bits per heavy atom. The first-order valence-electron chi connectivity index (χ1n) is 6.51. The van der Waals surface area contributed by atoms with Gasteiger partial charge in [0, 0.05) is 28.9 Å². The van der Waals surface area contributed by atoms with Gasteiger partial charge in [0.05, 0.1) is 12.3 Å². The number of rotatable bonds is 7. The van der Waals surface area contributed by atoms with Gasteiger partial charge in [0.15, 0.2) is 0 Å². The van der Waals surface area contributed by atoms with E-state index in [1.165, 1.54) is 12.8 Å². The zero-order valence-corrected chi connectivity index (χ0v) is 12.2. The van der Waals surface area contributed by atoms with Gasteiger partial charge in [-0.15, -0.1) is 0 Å². The van der Waals surface area contributed by atoms with E-state index in [0.29, 0.717) is 36.5 Å². The topological polar surface area (TPSA) is 77.2 Å². The fourth-order valence-electron chi connectivity index (χ4n) is 1.51. The minimum Gasteiger partial charge on any atom is -0.476 e. The highest BCUT2D eigenvalue weighted by atomic mass is 32.2. The van der Waals surface area contributed by atoms with Crippen LogP contribution in [0.4, 0.5) is 11.5 Å². The summed E-state index contributed by atoms with van der Waals surface area (Å²) in [5.74, 6) is 1.86. The summed E-state index contributed by atoms with van der Waals surface area (Å²) in [6.07, 6.45) is 4.17. The van der Waals surface area contributed by atoms with Gasteiger partial charge >= 0.3 is 0 Å². The second-order valence-electron chi connectivity index (χ2n) is 5.04. The van der Waals surface area contributed by atoms with Crippen molar-refractivity contribution in [3.63, 3.8) is 0 Å². The minimum absolute atomic E-state index is 0.0789. The van der Waals surface area contributed by atoms with Crippen molar-refractivity contribution in [1.29, 1.82) is 0 Å². The third kappa shape index (κ3) is 4.38. The molecule has 19 heavy (non-hydrogen) atoms. The molecule has 0 aliphatic heterocycles. The van der Waals surface area contributed by atoms with Crippen molar-refractivity contribution in [3.05, 3.63) is 12.1 Å². The molecule has 0 saturated heterocycles. The van der Waals surface area contributed by atoms with Gasteiger partial charge in [0.1, 0.15) is 5.82 Å². The summed E-state index contributed by atoms with van der Waals surface area (Å²) in [5, 5.41) is 3.24. The number of anilines is 2. The molecule has 0 spiro atoms. The summed E-state index contributed by atoms with van der Waals surface area (Å²) < 4.78 is 16.9. The number of aromatic nitrogens is 1. The maximum Gasteiger partial charge on any atom is 0.239 e. The van der Waals surface area contributed by atoms with E-state index in [9.17, 15) is 4.21 Å². The average molecular weight is 283 g/mol. The molecule has 1 saturated carbocycles. The molecule has 2 rings (SSSR count). The van der Waals surface area contributed by atoms with E-state index in [1.54, 1.807) is 12.3 Å². The number of nitrogen functional groups attached to an aromatic ring is 1. The molecule has 0 amide bonds. The summed E-state index contributed by atoms with van der Waals surface area (Å²) >= 11 is 0. The van der Waals surface area contributed by atoms with Crippen molar-refractivity contribution >= 4 is 22.3 Å². The van der Waals surface area contributed by atoms with Crippen LogP contribution >= 0.6 is 0 Å². The van der Waals surface area contributed by atoms with Crippen molar-refractivity contribution in [1.82, 2.24) is 4.98 Å². The van der Waals surface area contributed by atoms with Gasteiger partial charge in [0.2, 0.25) is 5.88 Å². The Kier molecular flexibility index (Phi) is 4.63. The van der Waals surface area contributed by atoms with E-state index in [-0.39, 0.29) is 5.25 Å². The molecule has 0 radical (unpaired) electrons. The highest BCUT2D eigenvalue weighted by Gasteiger charge is 2.22. The van der Waals surface area contributed by atoms with Crippen LogP contribution in [0.15, 0.2) is 12.1 Å². The predicted molar refractivity (Wildman–Crippen MR) is 78.9 cm³/mol. The summed E-state index contributed by atoms with van der Waals surface area (Å²) in [5.41, 5.74) is 6.39. The van der Waals surface area contributed by atoms with Gasteiger partial charge in [-0.05, 0) is 37.8 Å². The third-order valence-corrected chi connectivity index (χ3v) is 4.48. The molecule has 1 fully saturated rings. The minimum atomic E-state index is -0.841. The number of pyridine rings is 1. The molecule has 1 heterocycles. The van der Waals surface area contributed by atoms with Crippen molar-refractivity contribution in [2.75, 3.05) is 30.5 Å². The van der Waals surface area contributed by atoms with E-state index >= 15 is 0 Å². The molecule has 2 unspecified atom stereocenters. The van der Waals surface area contributed by atoms with Crippen LogP contribution in [0.2, 0.25) is 0 Å². The molecule has 1 aromatic heterocycles. The van der Waals surface area contributed by atoms with Crippen molar-refractivity contribution in [2.24, 2.45) is 5.92 Å². The Morgan fingerprint density at radius 2 is 2.32 bits per heavy atom. The number of nitrogens with two attached hydrogens (primary N) is 1. The van der Waals surface area contributed by atoms with Gasteiger partial charge in [-0.25, -0.2) is 0 Å². The van der Waals surface area contributed by atoms with E-state index < -0.39 is 10.8 Å².